The van der Waals surface area contributed by atoms with Gasteiger partial charge in [-0.3, -0.25) is 4.79 Å². The van der Waals surface area contributed by atoms with Crippen LogP contribution in [0.15, 0.2) is 20.0 Å². The third-order valence-electron chi connectivity index (χ3n) is 2.48. The third kappa shape index (κ3) is 3.73. The fraction of sp³-hybridized carbons (Fsp3) is 0.500. The first kappa shape index (κ1) is 15.5. The number of amides is 1. The molecule has 0 saturated heterocycles. The minimum absolute atomic E-state index is 0.0862. The molecule has 0 spiro atoms. The fourth-order valence-electron chi connectivity index (χ4n) is 1.09. The number of nitrogens with one attached hydrogen (secondary N) is 1. The molecule has 8 heteroatoms. The van der Waals surface area contributed by atoms with Crippen LogP contribution in [0.5, 0.6) is 0 Å². The Labute approximate surface area is 118 Å². The van der Waals surface area contributed by atoms with Crippen molar-refractivity contribution >= 4 is 41.6 Å². The number of carbonyl (C=O) groups is 1. The Kier molecular flexibility index (Phi) is 4.51. The summed E-state index contributed by atoms with van der Waals surface area (Å²) in [6, 6.07) is 1.09. The number of furan rings is 1. The number of carbonyl (C=O) groups excluding carboxylic acids is 1. The van der Waals surface area contributed by atoms with E-state index in [9.17, 15) is 13.2 Å². The second-order valence-electron chi connectivity index (χ2n) is 4.38. The molecule has 0 aromatic carbocycles. The van der Waals surface area contributed by atoms with Crippen molar-refractivity contribution < 1.29 is 17.6 Å². The van der Waals surface area contributed by atoms with Crippen LogP contribution in [0.1, 0.15) is 37.7 Å². The van der Waals surface area contributed by atoms with Crippen LogP contribution in [0.25, 0.3) is 0 Å². The molecule has 5 nitrogen and oxygen atoms in total. The van der Waals surface area contributed by atoms with Crippen LogP contribution in [0, 0.1) is 0 Å². The molecule has 0 aliphatic carbocycles. The average molecular weight is 359 g/mol. The van der Waals surface area contributed by atoms with Crippen molar-refractivity contribution in [3.63, 3.8) is 0 Å². The first-order valence-electron chi connectivity index (χ1n) is 5.13. The zero-order chi connectivity index (χ0) is 14.1. The number of rotatable bonds is 4. The largest absolute Gasteiger partial charge is 0.443 e. The van der Waals surface area contributed by atoms with E-state index in [4.69, 9.17) is 15.1 Å². The summed E-state index contributed by atoms with van der Waals surface area (Å²) in [7, 11) is 1.25. The van der Waals surface area contributed by atoms with E-state index in [1.807, 2.05) is 20.8 Å². The summed E-state index contributed by atoms with van der Waals surface area (Å²) in [6.07, 6.45) is 0.723. The Balaban J connectivity index is 3.03. The van der Waals surface area contributed by atoms with E-state index >= 15 is 0 Å². The molecule has 1 amide bonds. The van der Waals surface area contributed by atoms with Gasteiger partial charge >= 0.3 is 0 Å². The van der Waals surface area contributed by atoms with Crippen molar-refractivity contribution in [2.75, 3.05) is 0 Å². The van der Waals surface area contributed by atoms with Crippen LogP contribution in [-0.4, -0.2) is 19.9 Å². The Morgan fingerprint density at radius 1 is 1.56 bits per heavy atom. The SMILES string of the molecule is CCC(C)(C)NC(=O)c1cc(S(=O)(=O)Cl)c(Br)o1. The molecule has 1 aromatic rings. The zero-order valence-electron chi connectivity index (χ0n) is 10.1. The van der Waals surface area contributed by atoms with Gasteiger partial charge in [0.25, 0.3) is 15.0 Å². The van der Waals surface area contributed by atoms with Crippen molar-refractivity contribution in [2.24, 2.45) is 0 Å². The van der Waals surface area contributed by atoms with E-state index in [1.165, 1.54) is 0 Å². The molecule has 18 heavy (non-hydrogen) atoms. The Hall–Kier alpha value is -0.530. The quantitative estimate of drug-likeness (QED) is 0.840. The van der Waals surface area contributed by atoms with Crippen LogP contribution in [-0.2, 0) is 9.05 Å². The van der Waals surface area contributed by atoms with Crippen LogP contribution in [0.2, 0.25) is 0 Å². The van der Waals surface area contributed by atoms with Gasteiger partial charge in [0, 0.05) is 22.3 Å². The molecule has 0 saturated carbocycles. The van der Waals surface area contributed by atoms with Crippen LogP contribution < -0.4 is 5.32 Å². The predicted octanol–water partition coefficient (Wildman–Crippen LogP) is 2.89. The van der Waals surface area contributed by atoms with E-state index in [2.05, 4.69) is 21.2 Å². The van der Waals surface area contributed by atoms with Crippen LogP contribution >= 0.6 is 26.6 Å². The minimum atomic E-state index is -3.94. The lowest BCUT2D eigenvalue weighted by Crippen LogP contribution is -2.42. The molecule has 0 unspecified atom stereocenters. The summed E-state index contributed by atoms with van der Waals surface area (Å²) < 4.78 is 27.3. The van der Waals surface area contributed by atoms with E-state index in [0.29, 0.717) is 0 Å². The lowest BCUT2D eigenvalue weighted by atomic mass is 10.0. The standard InChI is InChI=1S/C10H13BrClNO4S/c1-4-10(2,3)13-9(14)6-5-7(8(11)17-6)18(12,15)16/h5H,4H2,1-3H3,(H,13,14). The smallest absolute Gasteiger partial charge is 0.287 e. The Morgan fingerprint density at radius 2 is 2.11 bits per heavy atom. The summed E-state index contributed by atoms with van der Waals surface area (Å²) in [5.41, 5.74) is -0.406. The number of hydrogen-bond acceptors (Lipinski definition) is 4. The zero-order valence-corrected chi connectivity index (χ0v) is 13.2. The summed E-state index contributed by atoms with van der Waals surface area (Å²) >= 11 is 2.91. The summed E-state index contributed by atoms with van der Waals surface area (Å²) in [6.45, 7) is 5.62. The lowest BCUT2D eigenvalue weighted by molar-refractivity contribution is 0.0881. The van der Waals surface area contributed by atoms with Gasteiger partial charge < -0.3 is 9.73 Å². The molecule has 0 atom stereocenters. The first-order chi connectivity index (χ1) is 8.07. The van der Waals surface area contributed by atoms with Gasteiger partial charge in [0.05, 0.1) is 0 Å². The van der Waals surface area contributed by atoms with Gasteiger partial charge in [-0.05, 0) is 36.2 Å². The van der Waals surface area contributed by atoms with Gasteiger partial charge in [0.15, 0.2) is 10.4 Å². The maximum absolute atomic E-state index is 11.8. The summed E-state index contributed by atoms with van der Waals surface area (Å²) in [4.78, 5) is 11.6. The molecular weight excluding hydrogens is 346 g/mol. The Morgan fingerprint density at radius 3 is 2.50 bits per heavy atom. The summed E-state index contributed by atoms with van der Waals surface area (Å²) in [5, 5.41) is 2.72. The second-order valence-corrected chi connectivity index (χ2v) is 7.63. The topological polar surface area (TPSA) is 76.4 Å². The molecule has 1 rings (SSSR count). The highest BCUT2D eigenvalue weighted by Gasteiger charge is 2.26. The minimum Gasteiger partial charge on any atom is -0.443 e. The van der Waals surface area contributed by atoms with Gasteiger partial charge in [-0.15, -0.1) is 0 Å². The molecule has 0 aliphatic heterocycles. The third-order valence-corrected chi connectivity index (χ3v) is 4.66. The van der Waals surface area contributed by atoms with Crippen LogP contribution in [0.3, 0.4) is 0 Å². The highest BCUT2D eigenvalue weighted by Crippen LogP contribution is 2.29. The highest BCUT2D eigenvalue weighted by atomic mass is 79.9. The molecule has 1 N–H and O–H groups in total. The van der Waals surface area contributed by atoms with Crippen molar-refractivity contribution in [3.05, 3.63) is 16.5 Å². The molecule has 0 aliphatic rings. The van der Waals surface area contributed by atoms with E-state index in [1.54, 1.807) is 0 Å². The first-order valence-corrected chi connectivity index (χ1v) is 8.23. The van der Waals surface area contributed by atoms with Gasteiger partial charge in [-0.25, -0.2) is 8.42 Å². The monoisotopic (exact) mass is 357 g/mol. The maximum Gasteiger partial charge on any atom is 0.287 e. The van der Waals surface area contributed by atoms with Gasteiger partial charge in [0.2, 0.25) is 0 Å². The van der Waals surface area contributed by atoms with Crippen molar-refractivity contribution in [1.29, 1.82) is 0 Å². The lowest BCUT2D eigenvalue weighted by Gasteiger charge is -2.23. The van der Waals surface area contributed by atoms with Crippen LogP contribution in [0.4, 0.5) is 0 Å². The number of halogens is 2. The molecule has 1 heterocycles. The molecule has 0 fully saturated rings. The Bertz CT molecular complexity index is 564. The normalized spacial score (nSPS) is 12.5. The average Bonchev–Trinajstić information content (AvgIpc) is 2.59. The van der Waals surface area contributed by atoms with Gasteiger partial charge in [-0.1, -0.05) is 6.92 Å². The summed E-state index contributed by atoms with van der Waals surface area (Å²) in [5.74, 6) is -0.600. The molecule has 0 radical (unpaired) electrons. The van der Waals surface area contributed by atoms with Crippen molar-refractivity contribution in [1.82, 2.24) is 5.32 Å². The predicted molar refractivity (Wildman–Crippen MR) is 71.3 cm³/mol. The van der Waals surface area contributed by atoms with Crippen molar-refractivity contribution in [2.45, 2.75) is 37.6 Å². The second kappa shape index (κ2) is 5.22. The van der Waals surface area contributed by atoms with E-state index in [-0.39, 0.29) is 15.3 Å². The molecule has 102 valence electrons. The molecular formula is C10H13BrClNO4S. The van der Waals surface area contributed by atoms with E-state index < -0.39 is 20.5 Å². The maximum atomic E-state index is 11.8. The fourth-order valence-corrected chi connectivity index (χ4v) is 3.12. The van der Waals surface area contributed by atoms with Gasteiger partial charge in [0.1, 0.15) is 4.90 Å². The van der Waals surface area contributed by atoms with E-state index in [0.717, 1.165) is 12.5 Å². The van der Waals surface area contributed by atoms with Gasteiger partial charge in [-0.2, -0.15) is 0 Å². The highest BCUT2D eigenvalue weighted by molar-refractivity contribution is 9.10. The van der Waals surface area contributed by atoms with Crippen molar-refractivity contribution in [3.8, 4) is 0 Å². The molecule has 1 aromatic heterocycles. The number of hydrogen-bond donors (Lipinski definition) is 1. The molecule has 0 bridgehead atoms.